The van der Waals surface area contributed by atoms with Crippen LogP contribution >= 0.6 is 0 Å². The molecule has 4 N–H and O–H groups in total. The van der Waals surface area contributed by atoms with E-state index in [2.05, 4.69) is 5.32 Å². The van der Waals surface area contributed by atoms with Crippen LogP contribution < -0.4 is 11.1 Å². The molecule has 0 rings (SSSR count). The molecule has 0 aliphatic rings. The number of hydrogen-bond acceptors (Lipinski definition) is 3. The molecule has 1 atom stereocenters. The van der Waals surface area contributed by atoms with Crippen molar-refractivity contribution in [3.05, 3.63) is 0 Å². The Morgan fingerprint density at radius 1 is 1.43 bits per heavy atom. The lowest BCUT2D eigenvalue weighted by atomic mass is 10.0. The molecule has 0 aromatic carbocycles. The summed E-state index contributed by atoms with van der Waals surface area (Å²) >= 11 is 0. The van der Waals surface area contributed by atoms with Gasteiger partial charge >= 0.3 is 5.97 Å². The monoisotopic (exact) mass is 202 g/mol. The number of hydrogen-bond donors (Lipinski definition) is 3. The SMILES string of the molecule is CC(C)[C@@H](NC(=O)CCCN)C(=O)O. The highest BCUT2D eigenvalue weighted by Crippen LogP contribution is 2.02. The highest BCUT2D eigenvalue weighted by Gasteiger charge is 2.22. The first-order valence-electron chi connectivity index (χ1n) is 4.71. The van der Waals surface area contributed by atoms with Crippen LogP contribution in [0.25, 0.3) is 0 Å². The lowest BCUT2D eigenvalue weighted by molar-refractivity contribution is -0.143. The van der Waals surface area contributed by atoms with Crippen LogP contribution in [0, 0.1) is 5.92 Å². The Morgan fingerprint density at radius 2 is 2.00 bits per heavy atom. The second kappa shape index (κ2) is 6.37. The molecule has 0 aliphatic heterocycles. The Bertz CT molecular complexity index is 204. The third-order valence-electron chi connectivity index (χ3n) is 1.86. The number of rotatable bonds is 6. The fraction of sp³-hybridized carbons (Fsp3) is 0.778. The molecule has 0 radical (unpaired) electrons. The summed E-state index contributed by atoms with van der Waals surface area (Å²) in [6, 6.07) is -0.805. The van der Waals surface area contributed by atoms with Crippen molar-refractivity contribution in [2.45, 2.75) is 32.7 Å². The van der Waals surface area contributed by atoms with Crippen LogP contribution in [0.4, 0.5) is 0 Å². The molecule has 82 valence electrons. The van der Waals surface area contributed by atoms with E-state index in [9.17, 15) is 9.59 Å². The van der Waals surface area contributed by atoms with Gasteiger partial charge in [0.1, 0.15) is 6.04 Å². The van der Waals surface area contributed by atoms with Gasteiger partial charge < -0.3 is 16.2 Å². The van der Waals surface area contributed by atoms with Crippen molar-refractivity contribution in [1.82, 2.24) is 5.32 Å². The zero-order valence-electron chi connectivity index (χ0n) is 8.62. The molecule has 5 heteroatoms. The average Bonchev–Trinajstić information content (AvgIpc) is 2.09. The second-order valence-electron chi connectivity index (χ2n) is 3.52. The Hall–Kier alpha value is -1.10. The average molecular weight is 202 g/mol. The fourth-order valence-electron chi connectivity index (χ4n) is 1.02. The number of aliphatic carboxylic acids is 1. The number of carbonyl (C=O) groups is 2. The molecule has 1 amide bonds. The molecular formula is C9H18N2O3. The summed E-state index contributed by atoms with van der Waals surface area (Å²) in [4.78, 5) is 21.9. The molecule has 0 saturated carbocycles. The minimum atomic E-state index is -0.999. The normalized spacial score (nSPS) is 12.6. The van der Waals surface area contributed by atoms with E-state index >= 15 is 0 Å². The molecule has 0 spiro atoms. The van der Waals surface area contributed by atoms with Gasteiger partial charge in [-0.2, -0.15) is 0 Å². The van der Waals surface area contributed by atoms with E-state index < -0.39 is 12.0 Å². The number of carboxylic acid groups (broad SMARTS) is 1. The van der Waals surface area contributed by atoms with Crippen LogP contribution in [0.2, 0.25) is 0 Å². The summed E-state index contributed by atoms with van der Waals surface area (Å²) < 4.78 is 0. The predicted octanol–water partition coefficient (Wildman–Crippen LogP) is -0.0493. The largest absolute Gasteiger partial charge is 0.480 e. The van der Waals surface area contributed by atoms with Crippen molar-refractivity contribution in [3.63, 3.8) is 0 Å². The molecule has 0 aromatic rings. The molecule has 5 nitrogen and oxygen atoms in total. The summed E-state index contributed by atoms with van der Waals surface area (Å²) in [5.74, 6) is -1.37. The zero-order valence-corrected chi connectivity index (χ0v) is 8.62. The molecule has 0 aliphatic carbocycles. The van der Waals surface area contributed by atoms with Crippen molar-refractivity contribution in [3.8, 4) is 0 Å². The zero-order chi connectivity index (χ0) is 11.1. The Balaban J connectivity index is 4.04. The maximum absolute atomic E-state index is 11.2. The summed E-state index contributed by atoms with van der Waals surface area (Å²) in [6.45, 7) is 3.94. The molecule has 0 aromatic heterocycles. The van der Waals surface area contributed by atoms with Crippen LogP contribution in [0.3, 0.4) is 0 Å². The number of nitrogens with two attached hydrogens (primary N) is 1. The van der Waals surface area contributed by atoms with Crippen LogP contribution in [0.5, 0.6) is 0 Å². The number of amides is 1. The summed E-state index contributed by atoms with van der Waals surface area (Å²) in [6.07, 6.45) is 0.864. The molecule has 0 bridgehead atoms. The molecular weight excluding hydrogens is 184 g/mol. The van der Waals surface area contributed by atoms with Crippen LogP contribution in [-0.4, -0.2) is 29.6 Å². The number of carboxylic acids is 1. The van der Waals surface area contributed by atoms with Gasteiger partial charge in [0.05, 0.1) is 0 Å². The lowest BCUT2D eigenvalue weighted by Crippen LogP contribution is -2.44. The standard InChI is InChI=1S/C9H18N2O3/c1-6(2)8(9(13)14)11-7(12)4-3-5-10/h6,8H,3-5,10H2,1-2H3,(H,11,12)(H,13,14)/t8-/m1/s1. The third-order valence-corrected chi connectivity index (χ3v) is 1.86. The molecule has 0 heterocycles. The van der Waals surface area contributed by atoms with Gasteiger partial charge in [-0.05, 0) is 18.9 Å². The summed E-state index contributed by atoms with van der Waals surface area (Å²) in [5.41, 5.74) is 5.23. The summed E-state index contributed by atoms with van der Waals surface area (Å²) in [7, 11) is 0. The summed E-state index contributed by atoms with van der Waals surface area (Å²) in [5, 5.41) is 11.2. The van der Waals surface area contributed by atoms with Crippen LogP contribution in [-0.2, 0) is 9.59 Å². The smallest absolute Gasteiger partial charge is 0.326 e. The molecule has 0 unspecified atom stereocenters. The molecule has 14 heavy (non-hydrogen) atoms. The minimum Gasteiger partial charge on any atom is -0.480 e. The van der Waals surface area contributed by atoms with Crippen molar-refractivity contribution < 1.29 is 14.7 Å². The van der Waals surface area contributed by atoms with E-state index in [4.69, 9.17) is 10.8 Å². The van der Waals surface area contributed by atoms with Gasteiger partial charge in [0, 0.05) is 6.42 Å². The first-order chi connectivity index (χ1) is 6.49. The van der Waals surface area contributed by atoms with Crippen molar-refractivity contribution in [1.29, 1.82) is 0 Å². The number of carbonyl (C=O) groups excluding carboxylic acids is 1. The van der Waals surface area contributed by atoms with Gasteiger partial charge in [-0.15, -0.1) is 0 Å². The van der Waals surface area contributed by atoms with Gasteiger partial charge in [-0.25, -0.2) is 4.79 Å². The number of nitrogens with one attached hydrogen (secondary N) is 1. The fourth-order valence-corrected chi connectivity index (χ4v) is 1.02. The highest BCUT2D eigenvalue weighted by molar-refractivity contribution is 5.83. The van der Waals surface area contributed by atoms with Crippen molar-refractivity contribution in [2.24, 2.45) is 11.7 Å². The van der Waals surface area contributed by atoms with Crippen LogP contribution in [0.1, 0.15) is 26.7 Å². The van der Waals surface area contributed by atoms with E-state index in [1.165, 1.54) is 0 Å². The Labute approximate surface area is 83.7 Å². The Kier molecular flexibility index (Phi) is 5.87. The van der Waals surface area contributed by atoms with Crippen molar-refractivity contribution in [2.75, 3.05) is 6.54 Å². The van der Waals surface area contributed by atoms with Crippen LogP contribution in [0.15, 0.2) is 0 Å². The van der Waals surface area contributed by atoms with Crippen molar-refractivity contribution >= 4 is 11.9 Å². The maximum Gasteiger partial charge on any atom is 0.326 e. The molecule has 0 saturated heterocycles. The predicted molar refractivity (Wildman–Crippen MR) is 52.7 cm³/mol. The van der Waals surface area contributed by atoms with Gasteiger partial charge in [0.25, 0.3) is 0 Å². The Morgan fingerprint density at radius 3 is 2.36 bits per heavy atom. The third kappa shape index (κ3) is 4.81. The van der Waals surface area contributed by atoms with Gasteiger partial charge in [0.2, 0.25) is 5.91 Å². The second-order valence-corrected chi connectivity index (χ2v) is 3.52. The van der Waals surface area contributed by atoms with E-state index in [-0.39, 0.29) is 18.2 Å². The molecule has 0 fully saturated rings. The quantitative estimate of drug-likeness (QED) is 0.563. The van der Waals surface area contributed by atoms with E-state index in [0.29, 0.717) is 13.0 Å². The van der Waals surface area contributed by atoms with E-state index in [0.717, 1.165) is 0 Å². The maximum atomic E-state index is 11.2. The highest BCUT2D eigenvalue weighted by atomic mass is 16.4. The first kappa shape index (κ1) is 12.9. The topological polar surface area (TPSA) is 92.4 Å². The minimum absolute atomic E-state index is 0.116. The lowest BCUT2D eigenvalue weighted by Gasteiger charge is -2.17. The van der Waals surface area contributed by atoms with Gasteiger partial charge in [-0.1, -0.05) is 13.8 Å². The van der Waals surface area contributed by atoms with E-state index in [1.54, 1.807) is 13.8 Å². The first-order valence-corrected chi connectivity index (χ1v) is 4.71. The van der Waals surface area contributed by atoms with Gasteiger partial charge in [-0.3, -0.25) is 4.79 Å². The van der Waals surface area contributed by atoms with Gasteiger partial charge in [0.15, 0.2) is 0 Å². The van der Waals surface area contributed by atoms with E-state index in [1.807, 2.05) is 0 Å².